The van der Waals surface area contributed by atoms with E-state index >= 15 is 0 Å². The molecule has 2 aromatic carbocycles. The Labute approximate surface area is 198 Å². The Morgan fingerprint density at radius 2 is 1.79 bits per heavy atom. The highest BCUT2D eigenvalue weighted by Gasteiger charge is 2.29. The number of furan rings is 1. The third-order valence-corrected chi connectivity index (χ3v) is 5.94. The number of halogens is 1. The van der Waals surface area contributed by atoms with E-state index in [9.17, 15) is 14.0 Å². The maximum Gasteiger partial charge on any atom is 0.287 e. The van der Waals surface area contributed by atoms with E-state index in [-0.39, 0.29) is 23.2 Å². The van der Waals surface area contributed by atoms with Crippen molar-refractivity contribution in [1.29, 1.82) is 0 Å². The molecule has 0 unspecified atom stereocenters. The van der Waals surface area contributed by atoms with Gasteiger partial charge in [0.2, 0.25) is 5.91 Å². The molecule has 7 nitrogen and oxygen atoms in total. The zero-order valence-corrected chi connectivity index (χ0v) is 19.1. The van der Waals surface area contributed by atoms with Gasteiger partial charge < -0.3 is 19.4 Å². The molecule has 4 rings (SSSR count). The van der Waals surface area contributed by atoms with Gasteiger partial charge in [-0.25, -0.2) is 4.39 Å². The van der Waals surface area contributed by atoms with Gasteiger partial charge in [-0.05, 0) is 35.4 Å². The molecule has 34 heavy (non-hydrogen) atoms. The lowest BCUT2D eigenvalue weighted by molar-refractivity contribution is -0.135. The van der Waals surface area contributed by atoms with Crippen molar-refractivity contribution < 1.29 is 23.1 Å². The van der Waals surface area contributed by atoms with Gasteiger partial charge in [-0.3, -0.25) is 14.5 Å². The lowest BCUT2D eigenvalue weighted by Gasteiger charge is -2.36. The largest absolute Gasteiger partial charge is 0.494 e. The summed E-state index contributed by atoms with van der Waals surface area (Å²) >= 11 is 0. The summed E-state index contributed by atoms with van der Waals surface area (Å²) in [6.07, 6.45) is 1.81. The molecule has 178 valence electrons. The fourth-order valence-electron chi connectivity index (χ4n) is 4.10. The van der Waals surface area contributed by atoms with Gasteiger partial charge in [-0.2, -0.15) is 0 Å². The molecule has 0 bridgehead atoms. The number of amides is 2. The van der Waals surface area contributed by atoms with Crippen LogP contribution in [0, 0.1) is 5.82 Å². The van der Waals surface area contributed by atoms with Gasteiger partial charge >= 0.3 is 0 Å². The second kappa shape index (κ2) is 11.0. The fraction of sp³-hybridized carbons (Fsp3) is 0.308. The van der Waals surface area contributed by atoms with Gasteiger partial charge in [-0.15, -0.1) is 0 Å². The standard InChI is InChI=1S/C26H28FN3O4/c1-33-23-10-9-20(16-21(23)27)18-29-11-13-30(14-12-29)26(32)22(17-19-6-3-2-4-7-19)28-25(31)24-8-5-15-34-24/h2-10,15-16,22H,11-14,17-18H2,1H3,(H,28,31)/t22-/m1/s1. The van der Waals surface area contributed by atoms with Crippen molar-refractivity contribution in [2.75, 3.05) is 33.3 Å². The highest BCUT2D eigenvalue weighted by molar-refractivity contribution is 5.95. The molecule has 1 aliphatic rings. The van der Waals surface area contributed by atoms with E-state index in [1.54, 1.807) is 23.1 Å². The van der Waals surface area contributed by atoms with Crippen molar-refractivity contribution in [2.45, 2.75) is 19.0 Å². The highest BCUT2D eigenvalue weighted by atomic mass is 19.1. The molecule has 1 aromatic heterocycles. The molecule has 8 heteroatoms. The van der Waals surface area contributed by atoms with Gasteiger partial charge in [0.05, 0.1) is 13.4 Å². The van der Waals surface area contributed by atoms with Crippen molar-refractivity contribution in [3.8, 4) is 5.75 Å². The first-order valence-corrected chi connectivity index (χ1v) is 11.3. The van der Waals surface area contributed by atoms with E-state index in [4.69, 9.17) is 9.15 Å². The number of nitrogens with one attached hydrogen (secondary N) is 1. The van der Waals surface area contributed by atoms with Gasteiger partial charge in [-0.1, -0.05) is 36.4 Å². The average Bonchev–Trinajstić information content (AvgIpc) is 3.40. The van der Waals surface area contributed by atoms with Crippen molar-refractivity contribution in [1.82, 2.24) is 15.1 Å². The zero-order chi connectivity index (χ0) is 23.9. The first-order chi connectivity index (χ1) is 16.5. The Morgan fingerprint density at radius 3 is 2.44 bits per heavy atom. The van der Waals surface area contributed by atoms with E-state index in [1.165, 1.54) is 19.4 Å². The third-order valence-electron chi connectivity index (χ3n) is 5.94. The predicted molar refractivity (Wildman–Crippen MR) is 125 cm³/mol. The van der Waals surface area contributed by atoms with Crippen molar-refractivity contribution >= 4 is 11.8 Å². The van der Waals surface area contributed by atoms with Crippen LogP contribution in [0.25, 0.3) is 0 Å². The molecule has 2 amide bonds. The minimum atomic E-state index is -0.706. The molecular formula is C26H28FN3O4. The summed E-state index contributed by atoms with van der Waals surface area (Å²) < 4.78 is 24.2. The van der Waals surface area contributed by atoms with Crippen LogP contribution in [0.4, 0.5) is 4.39 Å². The number of methoxy groups -OCH3 is 1. The molecule has 1 fully saturated rings. The van der Waals surface area contributed by atoms with E-state index in [1.807, 2.05) is 36.4 Å². The van der Waals surface area contributed by atoms with Crippen LogP contribution in [0.3, 0.4) is 0 Å². The van der Waals surface area contributed by atoms with Gasteiger partial charge in [0, 0.05) is 39.1 Å². The number of piperazine rings is 1. The SMILES string of the molecule is COc1ccc(CN2CCN(C(=O)[C@@H](Cc3ccccc3)NC(=O)c3ccco3)CC2)cc1F. The molecule has 3 aromatic rings. The van der Waals surface area contributed by atoms with Gasteiger partial charge in [0.1, 0.15) is 6.04 Å². The third kappa shape index (κ3) is 5.82. The number of carbonyl (C=O) groups is 2. The normalized spacial score (nSPS) is 15.1. The molecule has 0 spiro atoms. The Morgan fingerprint density at radius 1 is 1.03 bits per heavy atom. The monoisotopic (exact) mass is 465 g/mol. The minimum absolute atomic E-state index is 0.126. The molecule has 1 aliphatic heterocycles. The van der Waals surface area contributed by atoms with Crippen molar-refractivity contribution in [3.63, 3.8) is 0 Å². The summed E-state index contributed by atoms with van der Waals surface area (Å²) in [5, 5.41) is 2.84. The molecule has 1 N–H and O–H groups in total. The number of nitrogens with zero attached hydrogens (tertiary/aromatic N) is 2. The molecule has 2 heterocycles. The van der Waals surface area contributed by atoms with E-state index in [0.29, 0.717) is 39.1 Å². The summed E-state index contributed by atoms with van der Waals surface area (Å²) in [4.78, 5) is 29.9. The number of carbonyl (C=O) groups excluding carboxylic acids is 2. The van der Waals surface area contributed by atoms with Crippen molar-refractivity contribution in [2.24, 2.45) is 0 Å². The van der Waals surface area contributed by atoms with E-state index < -0.39 is 11.9 Å². The van der Waals surface area contributed by atoms with Crippen LogP contribution >= 0.6 is 0 Å². The second-order valence-electron chi connectivity index (χ2n) is 8.26. The Kier molecular flexibility index (Phi) is 7.59. The first-order valence-electron chi connectivity index (χ1n) is 11.3. The number of rotatable bonds is 8. The number of hydrogen-bond donors (Lipinski definition) is 1. The van der Waals surface area contributed by atoms with Gasteiger partial charge in [0.15, 0.2) is 17.3 Å². The smallest absolute Gasteiger partial charge is 0.287 e. The van der Waals surface area contributed by atoms with Crippen LogP contribution in [0.5, 0.6) is 5.75 Å². The molecule has 0 radical (unpaired) electrons. The van der Waals surface area contributed by atoms with E-state index in [0.717, 1.165) is 11.1 Å². The highest BCUT2D eigenvalue weighted by Crippen LogP contribution is 2.19. The number of hydrogen-bond acceptors (Lipinski definition) is 5. The molecule has 1 atom stereocenters. The fourth-order valence-corrected chi connectivity index (χ4v) is 4.10. The summed E-state index contributed by atoms with van der Waals surface area (Å²) in [6, 6.07) is 17.1. The Bertz CT molecular complexity index is 1100. The van der Waals surface area contributed by atoms with E-state index in [2.05, 4.69) is 10.2 Å². The van der Waals surface area contributed by atoms with Crippen LogP contribution in [0.1, 0.15) is 21.7 Å². The molecular weight excluding hydrogens is 437 g/mol. The lowest BCUT2D eigenvalue weighted by Crippen LogP contribution is -2.55. The molecule has 0 saturated carbocycles. The maximum atomic E-state index is 14.0. The number of ether oxygens (including phenoxy) is 1. The second-order valence-corrected chi connectivity index (χ2v) is 8.26. The van der Waals surface area contributed by atoms with Gasteiger partial charge in [0.25, 0.3) is 5.91 Å². The summed E-state index contributed by atoms with van der Waals surface area (Å²) in [7, 11) is 1.44. The van der Waals surface area contributed by atoms with Crippen LogP contribution in [-0.4, -0.2) is 60.9 Å². The van der Waals surface area contributed by atoms with Crippen LogP contribution in [0.15, 0.2) is 71.3 Å². The van der Waals surface area contributed by atoms with Crippen LogP contribution < -0.4 is 10.1 Å². The first kappa shape index (κ1) is 23.5. The summed E-state index contributed by atoms with van der Waals surface area (Å²) in [6.45, 7) is 2.96. The molecule has 0 aliphatic carbocycles. The summed E-state index contributed by atoms with van der Waals surface area (Å²) in [5.41, 5.74) is 1.81. The lowest BCUT2D eigenvalue weighted by atomic mass is 10.0. The van der Waals surface area contributed by atoms with Crippen molar-refractivity contribution in [3.05, 3.63) is 89.6 Å². The predicted octanol–water partition coefficient (Wildman–Crippen LogP) is 3.11. The summed E-state index contributed by atoms with van der Waals surface area (Å²) in [5.74, 6) is -0.536. The zero-order valence-electron chi connectivity index (χ0n) is 19.1. The van der Waals surface area contributed by atoms with Crippen LogP contribution in [0.2, 0.25) is 0 Å². The quantitative estimate of drug-likeness (QED) is 0.553. The topological polar surface area (TPSA) is 75.0 Å². The average molecular weight is 466 g/mol. The maximum absolute atomic E-state index is 14.0. The minimum Gasteiger partial charge on any atom is -0.494 e. The Hall–Kier alpha value is -3.65. The van der Waals surface area contributed by atoms with Crippen LogP contribution in [-0.2, 0) is 17.8 Å². The Balaban J connectivity index is 1.38. The number of benzene rings is 2. The molecule has 1 saturated heterocycles.